The first-order valence-electron chi connectivity index (χ1n) is 11.7. The molecule has 0 aliphatic carbocycles. The average molecular weight is 515 g/mol. The summed E-state index contributed by atoms with van der Waals surface area (Å²) >= 11 is 7.28. The van der Waals surface area contributed by atoms with Crippen LogP contribution in [0.3, 0.4) is 0 Å². The van der Waals surface area contributed by atoms with Crippen molar-refractivity contribution >= 4 is 40.7 Å². The molecular formula is C28H26N4O2S2. The first-order valence-corrected chi connectivity index (χ1v) is 13.0. The maximum Gasteiger partial charge on any atom is 0.226 e. The summed E-state index contributed by atoms with van der Waals surface area (Å²) in [4.78, 5) is 20.4. The number of carbonyl (C=O) groups excluding carboxylic acids is 1. The molecule has 1 fully saturated rings. The van der Waals surface area contributed by atoms with E-state index in [9.17, 15) is 4.79 Å². The number of aromatic nitrogens is 1. The molecule has 0 unspecified atom stereocenters. The minimum atomic E-state index is -0.232. The summed E-state index contributed by atoms with van der Waals surface area (Å²) in [7, 11) is 0. The number of rotatable bonds is 8. The number of benzene rings is 2. The minimum Gasteiger partial charge on any atom is -0.452 e. The Balaban J connectivity index is 1.35. The summed E-state index contributed by atoms with van der Waals surface area (Å²) < 4.78 is 6.31. The number of aryl methyl sites for hydroxylation is 1. The molecule has 2 N–H and O–H groups in total. The fourth-order valence-electron chi connectivity index (χ4n) is 4.19. The van der Waals surface area contributed by atoms with Gasteiger partial charge in [0.15, 0.2) is 10.2 Å². The van der Waals surface area contributed by atoms with E-state index in [2.05, 4.69) is 27.8 Å². The van der Waals surface area contributed by atoms with E-state index in [-0.39, 0.29) is 24.4 Å². The quantitative estimate of drug-likeness (QED) is 0.274. The molecule has 182 valence electrons. The Morgan fingerprint density at radius 1 is 1.06 bits per heavy atom. The van der Waals surface area contributed by atoms with Crippen molar-refractivity contribution in [2.45, 2.75) is 35.4 Å². The molecule has 1 aliphatic rings. The van der Waals surface area contributed by atoms with Crippen LogP contribution in [0.25, 0.3) is 0 Å². The van der Waals surface area contributed by atoms with E-state index in [1.165, 1.54) is 0 Å². The fraction of sp³-hybridized carbons (Fsp3) is 0.179. The van der Waals surface area contributed by atoms with Gasteiger partial charge in [-0.15, -0.1) is 0 Å². The molecule has 0 bridgehead atoms. The van der Waals surface area contributed by atoms with Crippen LogP contribution < -0.4 is 10.6 Å². The zero-order valence-corrected chi connectivity index (χ0v) is 21.4. The van der Waals surface area contributed by atoms with Gasteiger partial charge in [0.2, 0.25) is 5.91 Å². The van der Waals surface area contributed by atoms with E-state index >= 15 is 0 Å². The van der Waals surface area contributed by atoms with E-state index in [4.69, 9.17) is 16.6 Å². The topological polar surface area (TPSA) is 70.4 Å². The Morgan fingerprint density at radius 3 is 2.58 bits per heavy atom. The highest BCUT2D eigenvalue weighted by atomic mass is 32.2. The third-order valence-corrected chi connectivity index (χ3v) is 7.25. The number of carbonyl (C=O) groups is 1. The van der Waals surface area contributed by atoms with Crippen molar-refractivity contribution in [2.24, 2.45) is 0 Å². The van der Waals surface area contributed by atoms with E-state index < -0.39 is 0 Å². The van der Waals surface area contributed by atoms with Crippen LogP contribution in [0, 0.1) is 6.92 Å². The van der Waals surface area contributed by atoms with Gasteiger partial charge in [0.1, 0.15) is 11.8 Å². The molecule has 0 spiro atoms. The molecule has 4 aromatic rings. The monoisotopic (exact) mass is 514 g/mol. The zero-order chi connectivity index (χ0) is 24.9. The highest BCUT2D eigenvalue weighted by molar-refractivity contribution is 7.99. The Morgan fingerprint density at radius 2 is 1.83 bits per heavy atom. The maximum absolute atomic E-state index is 12.7. The molecule has 8 heteroatoms. The highest BCUT2D eigenvalue weighted by Crippen LogP contribution is 2.41. The first kappa shape index (κ1) is 24.1. The van der Waals surface area contributed by atoms with Gasteiger partial charge < -0.3 is 20.0 Å². The summed E-state index contributed by atoms with van der Waals surface area (Å²) in [6, 6.07) is 27.2. The molecule has 5 rings (SSSR count). The number of nitrogens with zero attached hydrogens (tertiary/aromatic N) is 2. The van der Waals surface area contributed by atoms with E-state index in [0.717, 1.165) is 32.7 Å². The lowest BCUT2D eigenvalue weighted by molar-refractivity contribution is -0.116. The molecule has 0 radical (unpaired) electrons. The van der Waals surface area contributed by atoms with E-state index in [1.807, 2.05) is 84.6 Å². The zero-order valence-electron chi connectivity index (χ0n) is 19.8. The van der Waals surface area contributed by atoms with Crippen molar-refractivity contribution < 1.29 is 9.21 Å². The SMILES string of the molecule is Cc1ccc(NC(=O)CCN2C(=S)N[C@H](c3ccccn3)[C@H]2c2ccc(Sc3ccccc3)o2)cc1. The molecule has 2 aromatic heterocycles. The van der Waals surface area contributed by atoms with Crippen molar-refractivity contribution in [3.05, 3.63) is 108 Å². The van der Waals surface area contributed by atoms with Crippen LogP contribution in [0.15, 0.2) is 106 Å². The predicted octanol–water partition coefficient (Wildman–Crippen LogP) is 6.14. The molecule has 1 saturated heterocycles. The Labute approximate surface area is 220 Å². The normalized spacial score (nSPS) is 17.1. The van der Waals surface area contributed by atoms with Gasteiger partial charge in [-0.25, -0.2) is 0 Å². The highest BCUT2D eigenvalue weighted by Gasteiger charge is 2.41. The van der Waals surface area contributed by atoms with Gasteiger partial charge in [-0.3, -0.25) is 9.78 Å². The number of furan rings is 1. The largest absolute Gasteiger partial charge is 0.452 e. The van der Waals surface area contributed by atoms with Crippen LogP contribution in [-0.4, -0.2) is 27.4 Å². The van der Waals surface area contributed by atoms with Gasteiger partial charge in [0.05, 0.1) is 11.7 Å². The Bertz CT molecular complexity index is 1330. The number of hydrogen-bond donors (Lipinski definition) is 2. The van der Waals surface area contributed by atoms with E-state index in [1.54, 1.807) is 18.0 Å². The van der Waals surface area contributed by atoms with Crippen molar-refractivity contribution in [2.75, 3.05) is 11.9 Å². The predicted molar refractivity (Wildman–Crippen MR) is 146 cm³/mol. The van der Waals surface area contributed by atoms with Gasteiger partial charge in [-0.1, -0.05) is 53.7 Å². The van der Waals surface area contributed by atoms with Gasteiger partial charge in [0.25, 0.3) is 0 Å². The van der Waals surface area contributed by atoms with Crippen molar-refractivity contribution in [3.8, 4) is 0 Å². The summed E-state index contributed by atoms with van der Waals surface area (Å²) in [5, 5.41) is 7.75. The molecular weight excluding hydrogens is 488 g/mol. The third kappa shape index (κ3) is 5.61. The van der Waals surface area contributed by atoms with Crippen LogP contribution in [0.2, 0.25) is 0 Å². The molecule has 1 amide bonds. The van der Waals surface area contributed by atoms with Gasteiger partial charge >= 0.3 is 0 Å². The Hall–Kier alpha value is -3.62. The molecule has 1 aliphatic heterocycles. The molecule has 6 nitrogen and oxygen atoms in total. The fourth-order valence-corrected chi connectivity index (χ4v) is 5.32. The van der Waals surface area contributed by atoms with Gasteiger partial charge in [-0.2, -0.15) is 0 Å². The summed E-state index contributed by atoms with van der Waals surface area (Å²) in [5.41, 5.74) is 2.79. The van der Waals surface area contributed by atoms with Crippen LogP contribution >= 0.6 is 24.0 Å². The number of amides is 1. The standard InChI is InChI=1S/C28H26N4O2S2/c1-19-10-12-20(13-11-19)30-24(33)16-18-32-27(26(31-28(32)35)22-9-5-6-17-29-22)23-14-15-25(34-23)36-21-7-3-2-4-8-21/h2-15,17,26-27H,16,18H2,1H3,(H,30,33)(H,31,35)/t26-,27-/m1/s1. The van der Waals surface area contributed by atoms with Gasteiger partial charge in [-0.05, 0) is 67.7 Å². The lowest BCUT2D eigenvalue weighted by Crippen LogP contribution is -2.32. The number of pyridine rings is 1. The summed E-state index contributed by atoms with van der Waals surface area (Å²) in [6.45, 7) is 2.46. The number of anilines is 1. The van der Waals surface area contributed by atoms with Gasteiger partial charge in [0, 0.05) is 29.7 Å². The smallest absolute Gasteiger partial charge is 0.226 e. The molecule has 2 atom stereocenters. The first-order chi connectivity index (χ1) is 17.6. The van der Waals surface area contributed by atoms with Crippen LogP contribution in [0.1, 0.15) is 35.5 Å². The van der Waals surface area contributed by atoms with E-state index in [0.29, 0.717) is 11.7 Å². The van der Waals surface area contributed by atoms with Crippen molar-refractivity contribution in [1.29, 1.82) is 0 Å². The Kier molecular flexibility index (Phi) is 7.34. The van der Waals surface area contributed by atoms with Crippen molar-refractivity contribution in [1.82, 2.24) is 15.2 Å². The molecule has 36 heavy (non-hydrogen) atoms. The second-order valence-electron chi connectivity index (χ2n) is 8.56. The number of hydrogen-bond acceptors (Lipinski definition) is 5. The second kappa shape index (κ2) is 11.0. The minimum absolute atomic E-state index is 0.0681. The van der Waals surface area contributed by atoms with Crippen LogP contribution in [0.5, 0.6) is 0 Å². The third-order valence-electron chi connectivity index (χ3n) is 5.97. The number of thiocarbonyl (C=S) groups is 1. The maximum atomic E-state index is 12.7. The lowest BCUT2D eigenvalue weighted by Gasteiger charge is -2.25. The second-order valence-corrected chi connectivity index (χ2v) is 10.0. The molecule has 2 aromatic carbocycles. The number of nitrogens with one attached hydrogen (secondary N) is 2. The average Bonchev–Trinajstić information content (AvgIpc) is 3.49. The molecule has 3 heterocycles. The summed E-state index contributed by atoms with van der Waals surface area (Å²) in [5.74, 6) is 0.705. The van der Waals surface area contributed by atoms with Crippen LogP contribution in [-0.2, 0) is 4.79 Å². The van der Waals surface area contributed by atoms with Crippen LogP contribution in [0.4, 0.5) is 5.69 Å². The van der Waals surface area contributed by atoms with Crippen molar-refractivity contribution in [3.63, 3.8) is 0 Å². The summed E-state index contributed by atoms with van der Waals surface area (Å²) in [6.07, 6.45) is 2.06. The lowest BCUT2D eigenvalue weighted by atomic mass is 10.0. The molecule has 0 saturated carbocycles.